The van der Waals surface area contributed by atoms with Crippen LogP contribution in [0.1, 0.15) is 17.2 Å². The van der Waals surface area contributed by atoms with Crippen molar-refractivity contribution < 1.29 is 18.6 Å². The van der Waals surface area contributed by atoms with Gasteiger partial charge in [-0.25, -0.2) is 4.39 Å². The highest BCUT2D eigenvalue weighted by molar-refractivity contribution is 5.45. The number of benzene rings is 2. The molecule has 0 saturated heterocycles. The van der Waals surface area contributed by atoms with Crippen LogP contribution in [0, 0.1) is 12.7 Å². The van der Waals surface area contributed by atoms with Gasteiger partial charge in [0.15, 0.2) is 11.5 Å². The SMILES string of the molecule is Cc1ccc(OCC(N)c2ccc3c(c2)OCO3)cc1F. The van der Waals surface area contributed by atoms with Crippen molar-refractivity contribution >= 4 is 0 Å². The molecular formula is C16H16FNO3. The molecule has 21 heavy (non-hydrogen) atoms. The van der Waals surface area contributed by atoms with E-state index in [0.717, 1.165) is 5.56 Å². The van der Waals surface area contributed by atoms with Gasteiger partial charge in [0, 0.05) is 6.07 Å². The third-order valence-electron chi connectivity index (χ3n) is 3.40. The Morgan fingerprint density at radius 3 is 2.81 bits per heavy atom. The Labute approximate surface area is 122 Å². The van der Waals surface area contributed by atoms with Crippen LogP contribution in [-0.4, -0.2) is 13.4 Å². The standard InChI is InChI=1S/C16H16FNO3/c1-10-2-4-12(7-13(10)17)19-8-14(18)11-3-5-15-16(6-11)21-9-20-15/h2-7,14H,8-9,18H2,1H3. The number of hydrogen-bond acceptors (Lipinski definition) is 4. The molecule has 0 aromatic heterocycles. The lowest BCUT2D eigenvalue weighted by Gasteiger charge is -2.14. The lowest BCUT2D eigenvalue weighted by molar-refractivity contribution is 0.174. The van der Waals surface area contributed by atoms with E-state index in [0.29, 0.717) is 22.8 Å². The molecule has 1 unspecified atom stereocenters. The molecule has 3 rings (SSSR count). The van der Waals surface area contributed by atoms with Crippen LogP contribution in [0.5, 0.6) is 17.2 Å². The molecule has 0 aliphatic carbocycles. The highest BCUT2D eigenvalue weighted by atomic mass is 19.1. The molecule has 1 heterocycles. The summed E-state index contributed by atoms with van der Waals surface area (Å²) in [4.78, 5) is 0. The van der Waals surface area contributed by atoms with Crippen molar-refractivity contribution in [3.63, 3.8) is 0 Å². The molecule has 4 nitrogen and oxygen atoms in total. The number of nitrogens with two attached hydrogens (primary N) is 1. The summed E-state index contributed by atoms with van der Waals surface area (Å²) in [6.45, 7) is 2.19. The van der Waals surface area contributed by atoms with Gasteiger partial charge in [0.05, 0.1) is 6.04 Å². The molecule has 0 saturated carbocycles. The smallest absolute Gasteiger partial charge is 0.231 e. The zero-order chi connectivity index (χ0) is 14.8. The van der Waals surface area contributed by atoms with Gasteiger partial charge >= 0.3 is 0 Å². The fraction of sp³-hybridized carbons (Fsp3) is 0.250. The summed E-state index contributed by atoms with van der Waals surface area (Å²) in [5.74, 6) is 1.58. The van der Waals surface area contributed by atoms with E-state index in [1.54, 1.807) is 19.1 Å². The van der Waals surface area contributed by atoms with Crippen LogP contribution in [0.3, 0.4) is 0 Å². The van der Waals surface area contributed by atoms with E-state index < -0.39 is 0 Å². The molecule has 2 N–H and O–H groups in total. The van der Waals surface area contributed by atoms with Crippen LogP contribution in [0.15, 0.2) is 36.4 Å². The average molecular weight is 289 g/mol. The van der Waals surface area contributed by atoms with E-state index in [1.807, 2.05) is 18.2 Å². The molecule has 2 aromatic rings. The quantitative estimate of drug-likeness (QED) is 0.940. The van der Waals surface area contributed by atoms with E-state index in [4.69, 9.17) is 19.9 Å². The predicted octanol–water partition coefficient (Wildman–Crippen LogP) is 2.94. The molecule has 5 heteroatoms. The minimum absolute atomic E-state index is 0.229. The van der Waals surface area contributed by atoms with E-state index in [9.17, 15) is 4.39 Å². The third kappa shape index (κ3) is 2.92. The minimum atomic E-state index is -0.330. The first-order valence-electron chi connectivity index (χ1n) is 6.67. The first-order chi connectivity index (χ1) is 10.1. The largest absolute Gasteiger partial charge is 0.492 e. The fourth-order valence-corrected chi connectivity index (χ4v) is 2.09. The van der Waals surface area contributed by atoms with Gasteiger partial charge in [-0.2, -0.15) is 0 Å². The summed E-state index contributed by atoms with van der Waals surface area (Å²) < 4.78 is 29.5. The molecule has 2 aromatic carbocycles. The molecule has 0 amide bonds. The van der Waals surface area contributed by atoms with Crippen molar-refractivity contribution in [3.8, 4) is 17.2 Å². The normalized spacial score (nSPS) is 14.0. The molecule has 0 bridgehead atoms. The van der Waals surface area contributed by atoms with Crippen LogP contribution in [0.25, 0.3) is 0 Å². The second kappa shape index (κ2) is 5.61. The highest BCUT2D eigenvalue weighted by Crippen LogP contribution is 2.33. The molecule has 110 valence electrons. The van der Waals surface area contributed by atoms with Gasteiger partial charge in [-0.3, -0.25) is 0 Å². The number of ether oxygens (including phenoxy) is 3. The fourth-order valence-electron chi connectivity index (χ4n) is 2.09. The summed E-state index contributed by atoms with van der Waals surface area (Å²) in [5, 5.41) is 0. The van der Waals surface area contributed by atoms with Crippen molar-refractivity contribution in [1.82, 2.24) is 0 Å². The van der Waals surface area contributed by atoms with Crippen molar-refractivity contribution in [2.75, 3.05) is 13.4 Å². The molecule has 1 aliphatic heterocycles. The number of fused-ring (bicyclic) bond motifs is 1. The average Bonchev–Trinajstić information content (AvgIpc) is 2.95. The second-order valence-electron chi connectivity index (χ2n) is 4.94. The summed E-state index contributed by atoms with van der Waals surface area (Å²) in [5.41, 5.74) is 7.56. The second-order valence-corrected chi connectivity index (χ2v) is 4.94. The Bertz CT molecular complexity index is 660. The van der Waals surface area contributed by atoms with Crippen LogP contribution in [0.4, 0.5) is 4.39 Å². The maximum absolute atomic E-state index is 13.4. The maximum atomic E-state index is 13.4. The molecular weight excluding hydrogens is 273 g/mol. The Kier molecular flexibility index (Phi) is 3.66. The third-order valence-corrected chi connectivity index (χ3v) is 3.40. The Hall–Kier alpha value is -2.27. The van der Waals surface area contributed by atoms with Crippen LogP contribution < -0.4 is 19.9 Å². The van der Waals surface area contributed by atoms with Gasteiger partial charge in [0.1, 0.15) is 18.2 Å². The summed E-state index contributed by atoms with van der Waals surface area (Å²) in [7, 11) is 0. The van der Waals surface area contributed by atoms with Crippen LogP contribution in [-0.2, 0) is 0 Å². The zero-order valence-electron chi connectivity index (χ0n) is 11.6. The van der Waals surface area contributed by atoms with Gasteiger partial charge in [-0.1, -0.05) is 12.1 Å². The van der Waals surface area contributed by atoms with Gasteiger partial charge in [0.2, 0.25) is 6.79 Å². The Morgan fingerprint density at radius 1 is 1.19 bits per heavy atom. The summed E-state index contributed by atoms with van der Waals surface area (Å²) >= 11 is 0. The lowest BCUT2D eigenvalue weighted by Crippen LogP contribution is -2.19. The van der Waals surface area contributed by atoms with Gasteiger partial charge < -0.3 is 19.9 Å². The first-order valence-corrected chi connectivity index (χ1v) is 6.67. The molecule has 0 radical (unpaired) electrons. The van der Waals surface area contributed by atoms with Gasteiger partial charge in [-0.05, 0) is 36.2 Å². The number of hydrogen-bond donors (Lipinski definition) is 1. The lowest BCUT2D eigenvalue weighted by atomic mass is 10.1. The Morgan fingerprint density at radius 2 is 2.00 bits per heavy atom. The predicted molar refractivity (Wildman–Crippen MR) is 76.1 cm³/mol. The van der Waals surface area contributed by atoms with E-state index >= 15 is 0 Å². The molecule has 0 fully saturated rings. The number of aryl methyl sites for hydroxylation is 1. The van der Waals surface area contributed by atoms with E-state index in [-0.39, 0.29) is 25.3 Å². The minimum Gasteiger partial charge on any atom is -0.492 e. The topological polar surface area (TPSA) is 53.7 Å². The number of rotatable bonds is 4. The van der Waals surface area contributed by atoms with Gasteiger partial charge in [-0.15, -0.1) is 0 Å². The summed E-state index contributed by atoms with van der Waals surface area (Å²) in [6, 6.07) is 9.97. The van der Waals surface area contributed by atoms with Crippen LogP contribution >= 0.6 is 0 Å². The molecule has 0 spiro atoms. The highest BCUT2D eigenvalue weighted by Gasteiger charge is 2.16. The number of halogens is 1. The summed E-state index contributed by atoms with van der Waals surface area (Å²) in [6.07, 6.45) is 0. The van der Waals surface area contributed by atoms with Crippen molar-refractivity contribution in [2.45, 2.75) is 13.0 Å². The van der Waals surface area contributed by atoms with Crippen LogP contribution in [0.2, 0.25) is 0 Å². The Balaban J connectivity index is 1.66. The van der Waals surface area contributed by atoms with Gasteiger partial charge in [0.25, 0.3) is 0 Å². The zero-order valence-corrected chi connectivity index (χ0v) is 11.6. The maximum Gasteiger partial charge on any atom is 0.231 e. The van der Waals surface area contributed by atoms with Crippen molar-refractivity contribution in [1.29, 1.82) is 0 Å². The monoisotopic (exact) mass is 289 g/mol. The first kappa shape index (κ1) is 13.7. The van der Waals surface area contributed by atoms with E-state index in [1.165, 1.54) is 6.07 Å². The van der Waals surface area contributed by atoms with Crippen molar-refractivity contribution in [2.24, 2.45) is 5.73 Å². The molecule has 1 aliphatic rings. The van der Waals surface area contributed by atoms with Crippen molar-refractivity contribution in [3.05, 3.63) is 53.3 Å². The van der Waals surface area contributed by atoms with E-state index in [2.05, 4.69) is 0 Å². The molecule has 1 atom stereocenters.